The van der Waals surface area contributed by atoms with Crippen LogP contribution < -0.4 is 0 Å². The van der Waals surface area contributed by atoms with E-state index in [0.29, 0.717) is 6.61 Å². The molecule has 0 aliphatic heterocycles. The van der Waals surface area contributed by atoms with Gasteiger partial charge < -0.3 is 10.0 Å². The molecule has 0 aliphatic carbocycles. The van der Waals surface area contributed by atoms with Crippen molar-refractivity contribution in [3.8, 4) is 0 Å². The molecule has 0 atom stereocenters. The van der Waals surface area contributed by atoms with E-state index in [4.69, 9.17) is 5.11 Å². The van der Waals surface area contributed by atoms with Crippen LogP contribution in [0.1, 0.15) is 30.4 Å². The van der Waals surface area contributed by atoms with E-state index in [1.807, 2.05) is 0 Å². The Morgan fingerprint density at radius 2 is 2.00 bits per heavy atom. The lowest BCUT2D eigenvalue weighted by Gasteiger charge is -2.16. The molecule has 2 heteroatoms. The lowest BCUT2D eigenvalue weighted by atomic mass is 10.1. The van der Waals surface area contributed by atoms with Gasteiger partial charge in [-0.25, -0.2) is 0 Å². The van der Waals surface area contributed by atoms with E-state index in [0.717, 1.165) is 25.9 Å². The number of rotatable bonds is 7. The van der Waals surface area contributed by atoms with Gasteiger partial charge in [-0.05, 0) is 45.3 Å². The number of aliphatic hydroxyl groups is 1. The summed E-state index contributed by atoms with van der Waals surface area (Å²) in [7, 11) is 2.15. The van der Waals surface area contributed by atoms with E-state index in [2.05, 4.69) is 43.1 Å². The van der Waals surface area contributed by atoms with Crippen LogP contribution in [-0.4, -0.2) is 30.2 Å². The first-order chi connectivity index (χ1) is 7.72. The second-order valence-electron chi connectivity index (χ2n) is 4.51. The van der Waals surface area contributed by atoms with Crippen LogP contribution in [0.2, 0.25) is 0 Å². The number of hydrogen-bond acceptors (Lipinski definition) is 2. The summed E-state index contributed by atoms with van der Waals surface area (Å²) in [6.45, 7) is 4.57. The number of aryl methyl sites for hydroxylation is 1. The van der Waals surface area contributed by atoms with Crippen molar-refractivity contribution in [2.24, 2.45) is 0 Å². The Kier molecular flexibility index (Phi) is 6.12. The maximum absolute atomic E-state index is 8.68. The second kappa shape index (κ2) is 7.42. The lowest BCUT2D eigenvalue weighted by Crippen LogP contribution is -2.19. The minimum absolute atomic E-state index is 0.321. The lowest BCUT2D eigenvalue weighted by molar-refractivity contribution is 0.271. The van der Waals surface area contributed by atoms with Gasteiger partial charge in [0.05, 0.1) is 0 Å². The van der Waals surface area contributed by atoms with Gasteiger partial charge in [-0.3, -0.25) is 0 Å². The molecule has 1 aromatic carbocycles. The molecule has 0 saturated carbocycles. The van der Waals surface area contributed by atoms with E-state index in [1.54, 1.807) is 0 Å². The summed E-state index contributed by atoms with van der Waals surface area (Å²) in [4.78, 5) is 2.34. The molecule has 1 aromatic rings. The molecule has 0 saturated heterocycles. The number of benzene rings is 1. The summed E-state index contributed by atoms with van der Waals surface area (Å²) >= 11 is 0. The van der Waals surface area contributed by atoms with E-state index >= 15 is 0 Å². The third-order valence-corrected chi connectivity index (χ3v) is 2.73. The van der Waals surface area contributed by atoms with E-state index in [9.17, 15) is 0 Å². The second-order valence-corrected chi connectivity index (χ2v) is 4.51. The molecule has 0 heterocycles. The zero-order valence-electron chi connectivity index (χ0n) is 10.4. The van der Waals surface area contributed by atoms with Crippen molar-refractivity contribution in [3.63, 3.8) is 0 Å². The fourth-order valence-electron chi connectivity index (χ4n) is 1.87. The highest BCUT2D eigenvalue weighted by Gasteiger charge is 2.00. The molecule has 0 aliphatic rings. The van der Waals surface area contributed by atoms with E-state index < -0.39 is 0 Å². The Morgan fingerprint density at radius 1 is 1.19 bits per heavy atom. The van der Waals surface area contributed by atoms with Crippen molar-refractivity contribution in [1.82, 2.24) is 4.90 Å². The van der Waals surface area contributed by atoms with Crippen LogP contribution in [0.5, 0.6) is 0 Å². The van der Waals surface area contributed by atoms with Crippen molar-refractivity contribution in [3.05, 3.63) is 35.4 Å². The van der Waals surface area contributed by atoms with Crippen molar-refractivity contribution >= 4 is 0 Å². The maximum Gasteiger partial charge on any atom is 0.0431 e. The first-order valence-electron chi connectivity index (χ1n) is 6.07. The van der Waals surface area contributed by atoms with Gasteiger partial charge in [0, 0.05) is 13.2 Å². The van der Waals surface area contributed by atoms with Gasteiger partial charge in [0.1, 0.15) is 0 Å². The summed E-state index contributed by atoms with van der Waals surface area (Å²) in [5.74, 6) is 0. The minimum atomic E-state index is 0.321. The fourth-order valence-corrected chi connectivity index (χ4v) is 1.87. The average molecular weight is 221 g/mol. The summed E-state index contributed by atoms with van der Waals surface area (Å²) in [6, 6.07) is 8.66. The summed E-state index contributed by atoms with van der Waals surface area (Å²) in [6.07, 6.45) is 3.22. The number of nitrogens with zero attached hydrogens (tertiary/aromatic N) is 1. The molecule has 2 nitrogen and oxygen atoms in total. The molecule has 0 aromatic heterocycles. The predicted octanol–water partition coefficient (Wildman–Crippen LogP) is 2.59. The Morgan fingerprint density at radius 3 is 2.69 bits per heavy atom. The van der Waals surface area contributed by atoms with Crippen LogP contribution in [-0.2, 0) is 6.54 Å². The van der Waals surface area contributed by atoms with Crippen molar-refractivity contribution < 1.29 is 5.11 Å². The topological polar surface area (TPSA) is 23.5 Å². The van der Waals surface area contributed by atoms with Crippen LogP contribution in [0.4, 0.5) is 0 Å². The minimum Gasteiger partial charge on any atom is -0.396 e. The van der Waals surface area contributed by atoms with Crippen molar-refractivity contribution in [2.45, 2.75) is 32.7 Å². The van der Waals surface area contributed by atoms with Crippen LogP contribution >= 0.6 is 0 Å². The first-order valence-corrected chi connectivity index (χ1v) is 6.07. The van der Waals surface area contributed by atoms with Crippen LogP contribution in [0.3, 0.4) is 0 Å². The van der Waals surface area contributed by atoms with Crippen molar-refractivity contribution in [1.29, 1.82) is 0 Å². The molecule has 0 bridgehead atoms. The number of unbranched alkanes of at least 4 members (excludes halogenated alkanes) is 2. The van der Waals surface area contributed by atoms with E-state index in [1.165, 1.54) is 17.5 Å². The largest absolute Gasteiger partial charge is 0.396 e. The number of hydrogen-bond donors (Lipinski definition) is 1. The standard InChI is InChI=1S/C14H23NO/c1-13-7-6-8-14(11-13)12-15(2)9-4-3-5-10-16/h6-8,11,16H,3-5,9-10,12H2,1-2H3. The van der Waals surface area contributed by atoms with Gasteiger partial charge in [0.2, 0.25) is 0 Å². The molecule has 0 amide bonds. The highest BCUT2D eigenvalue weighted by Crippen LogP contribution is 2.07. The van der Waals surface area contributed by atoms with Crippen LogP contribution in [0.25, 0.3) is 0 Å². The Bertz CT molecular complexity index is 299. The summed E-state index contributed by atoms with van der Waals surface area (Å²) in [5, 5.41) is 8.68. The predicted molar refractivity (Wildman–Crippen MR) is 68.4 cm³/mol. The van der Waals surface area contributed by atoms with Crippen LogP contribution in [0.15, 0.2) is 24.3 Å². The third-order valence-electron chi connectivity index (χ3n) is 2.73. The maximum atomic E-state index is 8.68. The fraction of sp³-hybridized carbons (Fsp3) is 0.571. The smallest absolute Gasteiger partial charge is 0.0431 e. The van der Waals surface area contributed by atoms with Gasteiger partial charge in [0.25, 0.3) is 0 Å². The molecular formula is C14H23NO. The molecule has 0 fully saturated rings. The normalized spacial score (nSPS) is 11.0. The third kappa shape index (κ3) is 5.29. The molecule has 0 unspecified atom stereocenters. The number of aliphatic hydroxyl groups excluding tert-OH is 1. The monoisotopic (exact) mass is 221 g/mol. The van der Waals surface area contributed by atoms with Gasteiger partial charge in [-0.15, -0.1) is 0 Å². The Hall–Kier alpha value is -0.860. The molecule has 1 rings (SSSR count). The van der Waals surface area contributed by atoms with Gasteiger partial charge >= 0.3 is 0 Å². The highest BCUT2D eigenvalue weighted by atomic mass is 16.2. The van der Waals surface area contributed by atoms with Gasteiger partial charge in [-0.2, -0.15) is 0 Å². The van der Waals surface area contributed by atoms with Gasteiger partial charge in [-0.1, -0.05) is 29.8 Å². The quantitative estimate of drug-likeness (QED) is 0.715. The molecule has 0 radical (unpaired) electrons. The van der Waals surface area contributed by atoms with Gasteiger partial charge in [0.15, 0.2) is 0 Å². The first kappa shape index (κ1) is 13.2. The molecular weight excluding hydrogens is 198 g/mol. The van der Waals surface area contributed by atoms with E-state index in [-0.39, 0.29) is 0 Å². The highest BCUT2D eigenvalue weighted by molar-refractivity contribution is 5.21. The Labute approximate surface area is 98.9 Å². The SMILES string of the molecule is Cc1cccc(CN(C)CCCCCO)c1. The molecule has 90 valence electrons. The molecule has 16 heavy (non-hydrogen) atoms. The molecule has 0 spiro atoms. The zero-order chi connectivity index (χ0) is 11.8. The molecule has 1 N–H and O–H groups in total. The van der Waals surface area contributed by atoms with Crippen LogP contribution in [0, 0.1) is 6.92 Å². The average Bonchev–Trinajstić information content (AvgIpc) is 2.24. The van der Waals surface area contributed by atoms with Crippen molar-refractivity contribution in [2.75, 3.05) is 20.2 Å². The zero-order valence-corrected chi connectivity index (χ0v) is 10.4. The summed E-state index contributed by atoms with van der Waals surface area (Å²) in [5.41, 5.74) is 2.70. The Balaban J connectivity index is 2.25. The summed E-state index contributed by atoms with van der Waals surface area (Å²) < 4.78 is 0.